The van der Waals surface area contributed by atoms with E-state index in [0.717, 1.165) is 16.6 Å². The number of methoxy groups -OCH3 is 1. The van der Waals surface area contributed by atoms with Crippen molar-refractivity contribution >= 4 is 45.0 Å². The van der Waals surface area contributed by atoms with Gasteiger partial charge >= 0.3 is 0 Å². The standard InChI is InChI=1S/C25H16ClN3O3S/c1-31-21-11-15(10-18(26)23(21)32-14-17-7-3-2-6-16(17)13-27)12-22-24(30)29-20-9-5-4-8-19(20)28-25(29)33-22/h2-12H,14H2,1H3/b22-12-. The molecule has 8 heteroatoms. The van der Waals surface area contributed by atoms with Crippen LogP contribution < -0.4 is 19.6 Å². The van der Waals surface area contributed by atoms with Gasteiger partial charge in [-0.3, -0.25) is 4.79 Å². The van der Waals surface area contributed by atoms with Gasteiger partial charge in [0.05, 0.1) is 39.3 Å². The van der Waals surface area contributed by atoms with E-state index in [9.17, 15) is 10.1 Å². The van der Waals surface area contributed by atoms with Crippen LogP contribution >= 0.6 is 22.9 Å². The molecular formula is C25H16ClN3O3S. The van der Waals surface area contributed by atoms with Crippen molar-refractivity contribution in [1.82, 2.24) is 9.38 Å². The molecule has 0 fully saturated rings. The van der Waals surface area contributed by atoms with Crippen LogP contribution in [0, 0.1) is 11.3 Å². The second-order valence-corrected chi connectivity index (χ2v) is 8.64. The number of nitrogens with zero attached hydrogens (tertiary/aromatic N) is 3. The van der Waals surface area contributed by atoms with E-state index in [1.54, 1.807) is 34.7 Å². The first-order valence-electron chi connectivity index (χ1n) is 9.99. The average molecular weight is 474 g/mol. The van der Waals surface area contributed by atoms with Gasteiger partial charge in [-0.1, -0.05) is 53.3 Å². The Kier molecular flexibility index (Phi) is 5.47. The average Bonchev–Trinajstić information content (AvgIpc) is 3.34. The fourth-order valence-electron chi connectivity index (χ4n) is 3.63. The van der Waals surface area contributed by atoms with E-state index < -0.39 is 0 Å². The van der Waals surface area contributed by atoms with Gasteiger partial charge in [-0.25, -0.2) is 9.38 Å². The Balaban J connectivity index is 1.52. The summed E-state index contributed by atoms with van der Waals surface area (Å²) in [6, 6.07) is 20.4. The van der Waals surface area contributed by atoms with E-state index in [2.05, 4.69) is 11.1 Å². The molecule has 2 heterocycles. The number of hydrogen-bond donors (Lipinski definition) is 0. The van der Waals surface area contributed by atoms with Gasteiger partial charge in [0.15, 0.2) is 16.5 Å². The van der Waals surface area contributed by atoms with Crippen LogP contribution in [-0.4, -0.2) is 16.5 Å². The first-order chi connectivity index (χ1) is 16.1. The lowest BCUT2D eigenvalue weighted by atomic mass is 10.1. The lowest BCUT2D eigenvalue weighted by molar-refractivity contribution is 0.284. The van der Waals surface area contributed by atoms with Gasteiger partial charge < -0.3 is 9.47 Å². The summed E-state index contributed by atoms with van der Waals surface area (Å²) < 4.78 is 13.6. The Labute approximate surface area is 197 Å². The zero-order valence-corrected chi connectivity index (χ0v) is 19.0. The third kappa shape index (κ3) is 3.80. The monoisotopic (exact) mass is 473 g/mol. The molecule has 2 aromatic heterocycles. The molecule has 0 amide bonds. The zero-order chi connectivity index (χ0) is 22.9. The maximum Gasteiger partial charge on any atom is 0.274 e. The van der Waals surface area contributed by atoms with Crippen LogP contribution in [0.15, 0.2) is 65.5 Å². The van der Waals surface area contributed by atoms with Crippen LogP contribution in [0.5, 0.6) is 11.5 Å². The van der Waals surface area contributed by atoms with Crippen LogP contribution in [0.4, 0.5) is 0 Å². The number of para-hydroxylation sites is 2. The Morgan fingerprint density at radius 2 is 1.97 bits per heavy atom. The van der Waals surface area contributed by atoms with E-state index in [1.807, 2.05) is 36.4 Å². The summed E-state index contributed by atoms with van der Waals surface area (Å²) >= 11 is 7.83. The molecule has 5 aromatic rings. The van der Waals surface area contributed by atoms with Crippen molar-refractivity contribution in [2.24, 2.45) is 0 Å². The van der Waals surface area contributed by atoms with Crippen molar-refractivity contribution in [3.05, 3.63) is 97.3 Å². The lowest BCUT2D eigenvalue weighted by Crippen LogP contribution is -2.22. The fraction of sp³-hybridized carbons (Fsp3) is 0.0800. The second kappa shape index (κ2) is 8.58. The van der Waals surface area contributed by atoms with Gasteiger partial charge in [0.2, 0.25) is 0 Å². The first kappa shape index (κ1) is 21.0. The molecule has 162 valence electrons. The van der Waals surface area contributed by atoms with Crippen molar-refractivity contribution in [2.75, 3.05) is 7.11 Å². The van der Waals surface area contributed by atoms with E-state index in [1.165, 1.54) is 18.4 Å². The lowest BCUT2D eigenvalue weighted by Gasteiger charge is -2.14. The number of rotatable bonds is 5. The van der Waals surface area contributed by atoms with Crippen molar-refractivity contribution in [2.45, 2.75) is 6.61 Å². The molecule has 33 heavy (non-hydrogen) atoms. The first-order valence-corrected chi connectivity index (χ1v) is 11.2. The highest BCUT2D eigenvalue weighted by Gasteiger charge is 2.14. The number of fused-ring (bicyclic) bond motifs is 3. The minimum Gasteiger partial charge on any atom is -0.493 e. The van der Waals surface area contributed by atoms with Crippen LogP contribution in [0.1, 0.15) is 16.7 Å². The maximum absolute atomic E-state index is 13.0. The number of ether oxygens (including phenoxy) is 2. The summed E-state index contributed by atoms with van der Waals surface area (Å²) in [5, 5.41) is 9.62. The van der Waals surface area contributed by atoms with Crippen LogP contribution in [-0.2, 0) is 6.61 Å². The summed E-state index contributed by atoms with van der Waals surface area (Å²) in [6.07, 6.45) is 1.76. The van der Waals surface area contributed by atoms with Gasteiger partial charge in [-0.05, 0) is 42.0 Å². The van der Waals surface area contributed by atoms with Gasteiger partial charge in [-0.15, -0.1) is 0 Å². The largest absolute Gasteiger partial charge is 0.493 e. The number of nitriles is 1. The van der Waals surface area contributed by atoms with Crippen molar-refractivity contribution in [3.8, 4) is 17.6 Å². The van der Waals surface area contributed by atoms with Crippen molar-refractivity contribution < 1.29 is 9.47 Å². The van der Waals surface area contributed by atoms with Gasteiger partial charge in [0.1, 0.15) is 6.61 Å². The quantitative estimate of drug-likeness (QED) is 0.373. The van der Waals surface area contributed by atoms with Crippen LogP contribution in [0.3, 0.4) is 0 Å². The highest BCUT2D eigenvalue weighted by molar-refractivity contribution is 7.15. The Morgan fingerprint density at radius 3 is 2.79 bits per heavy atom. The summed E-state index contributed by atoms with van der Waals surface area (Å²) in [5.41, 5.74) is 3.43. The van der Waals surface area contributed by atoms with Gasteiger partial charge in [0.25, 0.3) is 5.56 Å². The summed E-state index contributed by atoms with van der Waals surface area (Å²) in [6.45, 7) is 0.169. The molecule has 5 rings (SSSR count). The molecule has 0 spiro atoms. The highest BCUT2D eigenvalue weighted by atomic mass is 35.5. The van der Waals surface area contributed by atoms with Crippen molar-refractivity contribution in [3.63, 3.8) is 0 Å². The molecule has 3 aromatic carbocycles. The molecule has 0 aliphatic rings. The van der Waals surface area contributed by atoms with E-state index >= 15 is 0 Å². The highest BCUT2D eigenvalue weighted by Crippen LogP contribution is 2.37. The van der Waals surface area contributed by atoms with E-state index in [-0.39, 0.29) is 12.2 Å². The summed E-state index contributed by atoms with van der Waals surface area (Å²) in [4.78, 5) is 18.2. The van der Waals surface area contributed by atoms with Gasteiger partial charge in [0, 0.05) is 5.56 Å². The smallest absolute Gasteiger partial charge is 0.274 e. The minimum atomic E-state index is -0.132. The van der Waals surface area contributed by atoms with Crippen molar-refractivity contribution in [1.29, 1.82) is 5.26 Å². The number of halogens is 1. The van der Waals surface area contributed by atoms with Gasteiger partial charge in [-0.2, -0.15) is 5.26 Å². The number of benzene rings is 3. The van der Waals surface area contributed by atoms with E-state index in [4.69, 9.17) is 21.1 Å². The molecule has 6 nitrogen and oxygen atoms in total. The Bertz CT molecular complexity index is 1670. The Hall–Kier alpha value is -3.86. The molecule has 0 saturated carbocycles. The molecule has 0 atom stereocenters. The SMILES string of the molecule is COc1cc(/C=c2\sc3nc4ccccc4n3c2=O)cc(Cl)c1OCc1ccccc1C#N. The second-order valence-electron chi connectivity index (χ2n) is 7.23. The topological polar surface area (TPSA) is 76.6 Å². The molecule has 0 aliphatic carbocycles. The normalized spacial score (nSPS) is 11.7. The molecule has 0 aliphatic heterocycles. The molecule has 0 unspecified atom stereocenters. The predicted molar refractivity (Wildman–Crippen MR) is 129 cm³/mol. The third-order valence-electron chi connectivity index (χ3n) is 5.20. The third-order valence-corrected chi connectivity index (χ3v) is 6.45. The number of aromatic nitrogens is 2. The predicted octanol–water partition coefficient (Wildman–Crippen LogP) is 4.57. The number of hydrogen-bond acceptors (Lipinski definition) is 6. The van der Waals surface area contributed by atoms with Crippen LogP contribution in [0.2, 0.25) is 5.02 Å². The van der Waals surface area contributed by atoms with Crippen LogP contribution in [0.25, 0.3) is 22.1 Å². The van der Waals surface area contributed by atoms with E-state index in [0.29, 0.717) is 37.1 Å². The molecule has 0 saturated heterocycles. The number of imidazole rings is 1. The maximum atomic E-state index is 13.0. The Morgan fingerprint density at radius 1 is 1.18 bits per heavy atom. The number of thiazole rings is 1. The molecule has 0 radical (unpaired) electrons. The molecular weight excluding hydrogens is 458 g/mol. The summed E-state index contributed by atoms with van der Waals surface area (Å²) in [7, 11) is 1.52. The molecule has 0 bridgehead atoms. The fourth-order valence-corrected chi connectivity index (χ4v) is 4.89. The molecule has 0 N–H and O–H groups in total. The zero-order valence-electron chi connectivity index (χ0n) is 17.4. The summed E-state index contributed by atoms with van der Waals surface area (Å²) in [5.74, 6) is 0.806. The minimum absolute atomic E-state index is 0.132.